The SMILES string of the molecule is C=C1CCC(N2Cc3cc(CCC(=O)Cc4ccc(F)cc4)ccc3C2=O)C(=O)N1. The van der Waals surface area contributed by atoms with Crippen LogP contribution in [0.1, 0.15) is 46.3 Å². The lowest BCUT2D eigenvalue weighted by atomic mass is 10.00. The largest absolute Gasteiger partial charge is 0.329 e. The van der Waals surface area contributed by atoms with E-state index in [-0.39, 0.29) is 29.8 Å². The van der Waals surface area contributed by atoms with E-state index in [0.29, 0.717) is 43.5 Å². The molecule has 0 saturated carbocycles. The van der Waals surface area contributed by atoms with Gasteiger partial charge in [0, 0.05) is 30.6 Å². The van der Waals surface area contributed by atoms with Crippen LogP contribution in [-0.4, -0.2) is 28.5 Å². The van der Waals surface area contributed by atoms with Gasteiger partial charge in [-0.25, -0.2) is 4.39 Å². The van der Waals surface area contributed by atoms with Gasteiger partial charge in [-0.15, -0.1) is 0 Å². The van der Waals surface area contributed by atoms with Crippen LogP contribution < -0.4 is 5.32 Å². The lowest BCUT2D eigenvalue weighted by molar-refractivity contribution is -0.126. The van der Waals surface area contributed by atoms with Gasteiger partial charge < -0.3 is 10.2 Å². The van der Waals surface area contributed by atoms with Gasteiger partial charge in [0.2, 0.25) is 5.91 Å². The molecule has 2 amide bonds. The second-order valence-electron chi connectivity index (χ2n) is 7.91. The molecule has 5 nitrogen and oxygen atoms in total. The van der Waals surface area contributed by atoms with Gasteiger partial charge in [-0.2, -0.15) is 0 Å². The van der Waals surface area contributed by atoms with E-state index in [2.05, 4.69) is 11.9 Å². The lowest BCUT2D eigenvalue weighted by Crippen LogP contribution is -2.49. The zero-order valence-electron chi connectivity index (χ0n) is 16.6. The number of halogens is 1. The first kappa shape index (κ1) is 20.0. The second-order valence-corrected chi connectivity index (χ2v) is 7.91. The highest BCUT2D eigenvalue weighted by Gasteiger charge is 2.38. The number of ketones is 1. The van der Waals surface area contributed by atoms with E-state index in [1.54, 1.807) is 23.1 Å². The number of nitrogens with zero attached hydrogens (tertiary/aromatic N) is 1. The number of hydrogen-bond donors (Lipinski definition) is 1. The molecule has 2 aromatic rings. The Bertz CT molecular complexity index is 1030. The lowest BCUT2D eigenvalue weighted by Gasteiger charge is -2.30. The molecule has 0 bridgehead atoms. The molecule has 6 heteroatoms. The average molecular weight is 406 g/mol. The van der Waals surface area contributed by atoms with Gasteiger partial charge in [0.1, 0.15) is 17.6 Å². The topological polar surface area (TPSA) is 66.5 Å². The van der Waals surface area contributed by atoms with Crippen LogP contribution in [0.25, 0.3) is 0 Å². The normalized spacial score (nSPS) is 18.4. The Morgan fingerprint density at radius 3 is 2.60 bits per heavy atom. The minimum absolute atomic E-state index is 0.0823. The number of carbonyl (C=O) groups excluding carboxylic acids is 3. The standard InChI is InChI=1S/C24H23FN2O3/c1-15-2-11-22(23(29)26-15)27-14-18-12-16(6-10-21(18)24(27)30)5-9-20(28)13-17-3-7-19(25)8-4-17/h3-4,6-8,10,12,22H,1-2,5,9,11,13-14H2,(H,26,29). The van der Waals surface area contributed by atoms with Crippen LogP contribution in [0.3, 0.4) is 0 Å². The monoisotopic (exact) mass is 406 g/mol. The fourth-order valence-corrected chi connectivity index (χ4v) is 4.07. The molecule has 154 valence electrons. The summed E-state index contributed by atoms with van der Waals surface area (Å²) < 4.78 is 13.0. The van der Waals surface area contributed by atoms with Gasteiger partial charge in [0.05, 0.1) is 0 Å². The predicted octanol–water partition coefficient (Wildman–Crippen LogP) is 3.32. The van der Waals surface area contributed by atoms with Crippen molar-refractivity contribution in [2.24, 2.45) is 0 Å². The molecule has 0 spiro atoms. The Morgan fingerprint density at radius 2 is 1.87 bits per heavy atom. The molecule has 2 aromatic carbocycles. The third-order valence-corrected chi connectivity index (χ3v) is 5.71. The maximum Gasteiger partial charge on any atom is 0.255 e. The number of benzene rings is 2. The summed E-state index contributed by atoms with van der Waals surface area (Å²) in [5.41, 5.74) is 3.98. The van der Waals surface area contributed by atoms with E-state index in [9.17, 15) is 18.8 Å². The fraction of sp³-hybridized carbons (Fsp3) is 0.292. The third kappa shape index (κ3) is 4.17. The van der Waals surface area contributed by atoms with Gasteiger partial charge in [0.15, 0.2) is 0 Å². The Labute approximate surface area is 174 Å². The van der Waals surface area contributed by atoms with Gasteiger partial charge >= 0.3 is 0 Å². The molecule has 0 aliphatic carbocycles. The van der Waals surface area contributed by atoms with Crippen LogP contribution in [0.15, 0.2) is 54.7 Å². The van der Waals surface area contributed by atoms with Crippen molar-refractivity contribution in [2.75, 3.05) is 0 Å². The highest BCUT2D eigenvalue weighted by Crippen LogP contribution is 2.29. The maximum absolute atomic E-state index is 13.0. The fourth-order valence-electron chi connectivity index (χ4n) is 4.07. The number of Topliss-reactive ketones (excluding diaryl/α,β-unsaturated/α-hetero) is 1. The van der Waals surface area contributed by atoms with Crippen LogP contribution in [0.2, 0.25) is 0 Å². The van der Waals surface area contributed by atoms with E-state index in [1.165, 1.54) is 12.1 Å². The summed E-state index contributed by atoms with van der Waals surface area (Å²) in [6.07, 6.45) is 2.47. The summed E-state index contributed by atoms with van der Waals surface area (Å²) in [4.78, 5) is 38.9. The number of rotatable bonds is 6. The molecule has 0 aromatic heterocycles. The summed E-state index contributed by atoms with van der Waals surface area (Å²) in [5.74, 6) is -0.543. The molecule has 0 radical (unpaired) electrons. The highest BCUT2D eigenvalue weighted by atomic mass is 19.1. The van der Waals surface area contributed by atoms with Crippen molar-refractivity contribution in [2.45, 2.75) is 44.7 Å². The molecule has 4 rings (SSSR count). The van der Waals surface area contributed by atoms with Crippen molar-refractivity contribution in [3.8, 4) is 0 Å². The maximum atomic E-state index is 13.0. The Balaban J connectivity index is 1.38. The molecule has 2 aliphatic heterocycles. The number of allylic oxidation sites excluding steroid dienone is 1. The first-order valence-corrected chi connectivity index (χ1v) is 10.1. The van der Waals surface area contributed by atoms with Crippen LogP contribution in [0.4, 0.5) is 4.39 Å². The first-order chi connectivity index (χ1) is 14.4. The zero-order chi connectivity index (χ0) is 21.3. The summed E-state index contributed by atoms with van der Waals surface area (Å²) in [7, 11) is 0. The quantitative estimate of drug-likeness (QED) is 0.800. The third-order valence-electron chi connectivity index (χ3n) is 5.71. The van der Waals surface area contributed by atoms with Crippen LogP contribution >= 0.6 is 0 Å². The number of fused-ring (bicyclic) bond motifs is 1. The van der Waals surface area contributed by atoms with Crippen molar-refractivity contribution in [3.63, 3.8) is 0 Å². The van der Waals surface area contributed by atoms with Crippen molar-refractivity contribution < 1.29 is 18.8 Å². The second kappa shape index (κ2) is 8.22. The van der Waals surface area contributed by atoms with E-state index >= 15 is 0 Å². The molecule has 2 heterocycles. The molecule has 1 N–H and O–H groups in total. The van der Waals surface area contributed by atoms with Crippen LogP contribution in [0, 0.1) is 5.82 Å². The van der Waals surface area contributed by atoms with Crippen molar-refractivity contribution >= 4 is 17.6 Å². The van der Waals surface area contributed by atoms with E-state index < -0.39 is 6.04 Å². The summed E-state index contributed by atoms with van der Waals surface area (Å²) >= 11 is 0. The predicted molar refractivity (Wildman–Crippen MR) is 110 cm³/mol. The molecule has 1 unspecified atom stereocenters. The molecule has 1 saturated heterocycles. The smallest absolute Gasteiger partial charge is 0.255 e. The van der Waals surface area contributed by atoms with Crippen LogP contribution in [0.5, 0.6) is 0 Å². The molecule has 1 fully saturated rings. The highest BCUT2D eigenvalue weighted by molar-refractivity contribution is 6.01. The van der Waals surface area contributed by atoms with Gasteiger partial charge in [-0.1, -0.05) is 30.8 Å². The van der Waals surface area contributed by atoms with Gasteiger partial charge in [0.25, 0.3) is 5.91 Å². The number of carbonyl (C=O) groups is 3. The molecular weight excluding hydrogens is 383 g/mol. The van der Waals surface area contributed by atoms with Crippen LogP contribution in [-0.2, 0) is 29.0 Å². The minimum atomic E-state index is -0.476. The number of aryl methyl sites for hydroxylation is 1. The summed E-state index contributed by atoms with van der Waals surface area (Å²) in [5, 5.41) is 2.74. The number of piperidine rings is 1. The summed E-state index contributed by atoms with van der Waals surface area (Å²) in [6.45, 7) is 4.18. The Kier molecular flexibility index (Phi) is 5.48. The molecule has 30 heavy (non-hydrogen) atoms. The van der Waals surface area contributed by atoms with E-state index in [0.717, 1.165) is 16.7 Å². The number of nitrogens with one attached hydrogen (secondary N) is 1. The zero-order valence-corrected chi connectivity index (χ0v) is 16.6. The van der Waals surface area contributed by atoms with Crippen molar-refractivity contribution in [1.29, 1.82) is 0 Å². The van der Waals surface area contributed by atoms with Gasteiger partial charge in [-0.3, -0.25) is 14.4 Å². The number of amides is 2. The Morgan fingerprint density at radius 1 is 1.13 bits per heavy atom. The molecule has 1 atom stereocenters. The Hall–Kier alpha value is -3.28. The average Bonchev–Trinajstić information content (AvgIpc) is 3.04. The summed E-state index contributed by atoms with van der Waals surface area (Å²) in [6, 6.07) is 11.1. The minimum Gasteiger partial charge on any atom is -0.329 e. The van der Waals surface area contributed by atoms with Crippen molar-refractivity contribution in [1.82, 2.24) is 10.2 Å². The molecular formula is C24H23FN2O3. The van der Waals surface area contributed by atoms with Crippen molar-refractivity contribution in [3.05, 3.63) is 82.8 Å². The number of hydrogen-bond acceptors (Lipinski definition) is 3. The first-order valence-electron chi connectivity index (χ1n) is 10.1. The van der Waals surface area contributed by atoms with E-state index in [1.807, 2.05) is 12.1 Å². The van der Waals surface area contributed by atoms with Gasteiger partial charge in [-0.05, 0) is 54.2 Å². The van der Waals surface area contributed by atoms with E-state index in [4.69, 9.17) is 0 Å². The molecule has 2 aliphatic rings.